The molecule has 0 bridgehead atoms. The van der Waals surface area contributed by atoms with E-state index >= 15 is 0 Å². The number of rotatable bonds is 2. The number of aryl methyl sites for hydroxylation is 1. The summed E-state index contributed by atoms with van der Waals surface area (Å²) in [5, 5.41) is 6.95. The van der Waals surface area contributed by atoms with E-state index in [9.17, 15) is 4.79 Å². The monoisotopic (exact) mass is 412 g/mol. The first-order valence-electron chi connectivity index (χ1n) is 6.77. The number of anilines is 2. The molecule has 1 aliphatic heterocycles. The molecule has 0 atom stereocenters. The van der Waals surface area contributed by atoms with Crippen LogP contribution in [0.4, 0.5) is 11.4 Å². The van der Waals surface area contributed by atoms with Crippen LogP contribution in [0.15, 0.2) is 36.4 Å². The number of nitrogens with one attached hydrogen (secondary N) is 2. The van der Waals surface area contributed by atoms with E-state index in [0.717, 1.165) is 34.3 Å². The van der Waals surface area contributed by atoms with Crippen LogP contribution >= 0.6 is 34.2 Å². The molecular formula is C16H14ClIN2O. The van der Waals surface area contributed by atoms with Crippen LogP contribution in [0.25, 0.3) is 0 Å². The zero-order valence-electron chi connectivity index (χ0n) is 11.2. The molecule has 0 saturated heterocycles. The third-order valence-electron chi connectivity index (χ3n) is 3.49. The maximum atomic E-state index is 12.4. The largest absolute Gasteiger partial charge is 0.385 e. The Morgan fingerprint density at radius 3 is 2.90 bits per heavy atom. The van der Waals surface area contributed by atoms with E-state index in [-0.39, 0.29) is 5.91 Å². The summed E-state index contributed by atoms with van der Waals surface area (Å²) < 4.78 is 0.924. The Morgan fingerprint density at radius 1 is 1.24 bits per heavy atom. The molecule has 0 aliphatic carbocycles. The summed E-state index contributed by atoms with van der Waals surface area (Å²) in [5.41, 5.74) is 3.81. The highest BCUT2D eigenvalue weighted by Gasteiger charge is 2.13. The molecule has 0 radical (unpaired) electrons. The molecule has 0 saturated carbocycles. The second-order valence-corrected chi connectivity index (χ2v) is 6.58. The molecule has 1 aliphatic rings. The normalized spacial score (nSPS) is 13.2. The Kier molecular flexibility index (Phi) is 4.35. The highest BCUT2D eigenvalue weighted by molar-refractivity contribution is 14.1. The SMILES string of the molecule is O=C(Nc1ccc(Cl)cc1I)c1ccc2c(c1)CCCN2. The summed E-state index contributed by atoms with van der Waals surface area (Å²) in [4.78, 5) is 12.4. The highest BCUT2D eigenvalue weighted by atomic mass is 127. The van der Waals surface area contributed by atoms with E-state index in [1.165, 1.54) is 5.56 Å². The van der Waals surface area contributed by atoms with Crippen LogP contribution in [-0.2, 0) is 6.42 Å². The molecule has 2 N–H and O–H groups in total. The minimum Gasteiger partial charge on any atom is -0.385 e. The lowest BCUT2D eigenvalue weighted by Gasteiger charge is -2.18. The molecule has 2 aromatic carbocycles. The van der Waals surface area contributed by atoms with Gasteiger partial charge in [0.25, 0.3) is 5.91 Å². The number of carbonyl (C=O) groups excluding carboxylic acids is 1. The minimum atomic E-state index is -0.0939. The predicted octanol–water partition coefficient (Wildman–Crippen LogP) is 4.56. The van der Waals surface area contributed by atoms with Crippen LogP contribution in [0.2, 0.25) is 5.02 Å². The predicted molar refractivity (Wildman–Crippen MR) is 95.4 cm³/mol. The molecule has 1 heterocycles. The maximum absolute atomic E-state index is 12.4. The smallest absolute Gasteiger partial charge is 0.255 e. The zero-order valence-corrected chi connectivity index (χ0v) is 14.2. The van der Waals surface area contributed by atoms with Crippen molar-refractivity contribution >= 4 is 51.5 Å². The van der Waals surface area contributed by atoms with Gasteiger partial charge in [0.15, 0.2) is 0 Å². The lowest BCUT2D eigenvalue weighted by atomic mass is 10.0. The third kappa shape index (κ3) is 3.32. The van der Waals surface area contributed by atoms with Crippen molar-refractivity contribution in [3.05, 3.63) is 56.1 Å². The van der Waals surface area contributed by atoms with Gasteiger partial charge in [0.05, 0.1) is 5.69 Å². The van der Waals surface area contributed by atoms with Crippen LogP contribution in [-0.4, -0.2) is 12.5 Å². The average Bonchev–Trinajstić information content (AvgIpc) is 2.49. The summed E-state index contributed by atoms with van der Waals surface area (Å²) in [6.45, 7) is 1.00. The second-order valence-electron chi connectivity index (χ2n) is 4.98. The number of amides is 1. The molecule has 3 nitrogen and oxygen atoms in total. The minimum absolute atomic E-state index is 0.0939. The summed E-state index contributed by atoms with van der Waals surface area (Å²) in [7, 11) is 0. The van der Waals surface area contributed by atoms with E-state index in [1.807, 2.05) is 30.3 Å². The van der Waals surface area contributed by atoms with Crippen molar-refractivity contribution in [3.8, 4) is 0 Å². The van der Waals surface area contributed by atoms with Gasteiger partial charge in [-0.05, 0) is 77.4 Å². The number of hydrogen-bond acceptors (Lipinski definition) is 2. The van der Waals surface area contributed by atoms with E-state index < -0.39 is 0 Å². The Bertz CT molecular complexity index is 703. The van der Waals surface area contributed by atoms with Crippen molar-refractivity contribution in [2.45, 2.75) is 12.8 Å². The maximum Gasteiger partial charge on any atom is 0.255 e. The molecule has 21 heavy (non-hydrogen) atoms. The average molecular weight is 413 g/mol. The summed E-state index contributed by atoms with van der Waals surface area (Å²) >= 11 is 8.09. The lowest BCUT2D eigenvalue weighted by Crippen LogP contribution is -2.16. The fraction of sp³-hybridized carbons (Fsp3) is 0.188. The molecule has 0 fully saturated rings. The van der Waals surface area contributed by atoms with Gasteiger partial charge in [-0.2, -0.15) is 0 Å². The van der Waals surface area contributed by atoms with Crippen LogP contribution < -0.4 is 10.6 Å². The number of benzene rings is 2. The fourth-order valence-electron chi connectivity index (χ4n) is 2.40. The van der Waals surface area contributed by atoms with Crippen LogP contribution in [0.5, 0.6) is 0 Å². The molecule has 2 aromatic rings. The van der Waals surface area contributed by atoms with Gasteiger partial charge in [-0.1, -0.05) is 11.6 Å². The van der Waals surface area contributed by atoms with Crippen molar-refractivity contribution < 1.29 is 4.79 Å². The Morgan fingerprint density at radius 2 is 2.10 bits per heavy atom. The van der Waals surface area contributed by atoms with Gasteiger partial charge in [-0.15, -0.1) is 0 Å². The van der Waals surface area contributed by atoms with E-state index in [0.29, 0.717) is 10.6 Å². The van der Waals surface area contributed by atoms with Gasteiger partial charge < -0.3 is 10.6 Å². The van der Waals surface area contributed by atoms with Crippen LogP contribution in [0, 0.1) is 3.57 Å². The fourth-order valence-corrected chi connectivity index (χ4v) is 3.41. The highest BCUT2D eigenvalue weighted by Crippen LogP contribution is 2.25. The zero-order chi connectivity index (χ0) is 14.8. The summed E-state index contributed by atoms with van der Waals surface area (Å²) in [6.07, 6.45) is 2.12. The number of fused-ring (bicyclic) bond motifs is 1. The first kappa shape index (κ1) is 14.7. The quantitative estimate of drug-likeness (QED) is 0.710. The molecule has 108 valence electrons. The molecule has 3 rings (SSSR count). The first-order valence-corrected chi connectivity index (χ1v) is 8.22. The van der Waals surface area contributed by atoms with E-state index in [1.54, 1.807) is 6.07 Å². The van der Waals surface area contributed by atoms with Crippen molar-refractivity contribution in [2.24, 2.45) is 0 Å². The molecule has 0 aromatic heterocycles. The van der Waals surface area contributed by atoms with Gasteiger partial charge in [-0.25, -0.2) is 0 Å². The van der Waals surface area contributed by atoms with Crippen LogP contribution in [0.1, 0.15) is 22.3 Å². The van der Waals surface area contributed by atoms with E-state index in [4.69, 9.17) is 11.6 Å². The molecule has 0 spiro atoms. The first-order chi connectivity index (χ1) is 10.1. The van der Waals surface area contributed by atoms with Gasteiger partial charge >= 0.3 is 0 Å². The van der Waals surface area contributed by atoms with Crippen molar-refractivity contribution in [2.75, 3.05) is 17.2 Å². The molecule has 0 unspecified atom stereocenters. The summed E-state index contributed by atoms with van der Waals surface area (Å²) in [6, 6.07) is 11.2. The second kappa shape index (κ2) is 6.23. The lowest BCUT2D eigenvalue weighted by molar-refractivity contribution is 0.102. The van der Waals surface area contributed by atoms with Crippen molar-refractivity contribution in [1.82, 2.24) is 0 Å². The van der Waals surface area contributed by atoms with Crippen molar-refractivity contribution in [3.63, 3.8) is 0 Å². The Labute approximate surface area is 142 Å². The van der Waals surface area contributed by atoms with Crippen LogP contribution in [0.3, 0.4) is 0 Å². The summed E-state index contributed by atoms with van der Waals surface area (Å²) in [5.74, 6) is -0.0939. The van der Waals surface area contributed by atoms with Crippen molar-refractivity contribution in [1.29, 1.82) is 0 Å². The number of halogens is 2. The number of hydrogen-bond donors (Lipinski definition) is 2. The molecule has 1 amide bonds. The third-order valence-corrected chi connectivity index (χ3v) is 4.61. The molecule has 5 heteroatoms. The van der Waals surface area contributed by atoms with Gasteiger partial charge in [-0.3, -0.25) is 4.79 Å². The van der Waals surface area contributed by atoms with E-state index in [2.05, 4.69) is 33.2 Å². The van der Waals surface area contributed by atoms with Gasteiger partial charge in [0, 0.05) is 26.4 Å². The standard InChI is InChI=1S/C16H14ClIN2O/c17-12-4-6-15(13(18)9-12)20-16(21)11-3-5-14-10(8-11)2-1-7-19-14/h3-6,8-9,19H,1-2,7H2,(H,20,21). The number of carbonyl (C=O) groups is 1. The Hall–Kier alpha value is -1.27. The van der Waals surface area contributed by atoms with Gasteiger partial charge in [0.1, 0.15) is 0 Å². The van der Waals surface area contributed by atoms with Gasteiger partial charge in [0.2, 0.25) is 0 Å². The topological polar surface area (TPSA) is 41.1 Å². The molecular weight excluding hydrogens is 399 g/mol. The Balaban J connectivity index is 1.82.